The van der Waals surface area contributed by atoms with Gasteiger partial charge in [-0.25, -0.2) is 4.79 Å². The van der Waals surface area contributed by atoms with Crippen LogP contribution in [0.2, 0.25) is 5.02 Å². The first-order valence-electron chi connectivity index (χ1n) is 11.0. The summed E-state index contributed by atoms with van der Waals surface area (Å²) in [6, 6.07) is 7.30. The molecule has 7 nitrogen and oxygen atoms in total. The summed E-state index contributed by atoms with van der Waals surface area (Å²) < 4.78 is 28.1. The Morgan fingerprint density at radius 2 is 1.79 bits per heavy atom. The van der Waals surface area contributed by atoms with Crippen LogP contribution in [0.1, 0.15) is 36.5 Å². The van der Waals surface area contributed by atoms with Gasteiger partial charge in [0.05, 0.1) is 31.9 Å². The minimum Gasteiger partial charge on any atom is -0.493 e. The average Bonchev–Trinajstić information content (AvgIpc) is 2.82. The highest BCUT2D eigenvalue weighted by atomic mass is 35.5. The van der Waals surface area contributed by atoms with Crippen LogP contribution in [0.15, 0.2) is 33.5 Å². The molecule has 1 atom stereocenters. The van der Waals surface area contributed by atoms with Crippen molar-refractivity contribution in [3.8, 4) is 23.0 Å². The summed E-state index contributed by atoms with van der Waals surface area (Å²) in [5.74, 6) is 2.35. The summed E-state index contributed by atoms with van der Waals surface area (Å²) in [6.45, 7) is 3.79. The van der Waals surface area contributed by atoms with Gasteiger partial charge in [0.15, 0.2) is 22.8 Å². The van der Waals surface area contributed by atoms with E-state index in [1.807, 2.05) is 18.2 Å². The summed E-state index contributed by atoms with van der Waals surface area (Å²) in [6.07, 6.45) is 2.83. The number of rotatable bonds is 8. The molecule has 0 bridgehead atoms. The fraction of sp³-hybridized carbons (Fsp3) is 0.400. The first kappa shape index (κ1) is 23.3. The van der Waals surface area contributed by atoms with Crippen LogP contribution in [-0.2, 0) is 19.5 Å². The molecule has 2 aromatic carbocycles. The zero-order chi connectivity index (χ0) is 23.5. The van der Waals surface area contributed by atoms with Gasteiger partial charge in [0.25, 0.3) is 0 Å². The number of nitrogens with one attached hydrogen (secondary N) is 1. The van der Waals surface area contributed by atoms with Gasteiger partial charge in [0.1, 0.15) is 13.1 Å². The smallest absolute Gasteiger partial charge is 0.336 e. The van der Waals surface area contributed by atoms with Crippen molar-refractivity contribution < 1.29 is 28.3 Å². The minimum atomic E-state index is -0.352. The molecule has 1 unspecified atom stereocenters. The first-order valence-corrected chi connectivity index (χ1v) is 11.4. The Kier molecular flexibility index (Phi) is 7.00. The third-order valence-electron chi connectivity index (χ3n) is 5.95. The molecule has 2 heterocycles. The predicted octanol–water partition coefficient (Wildman–Crippen LogP) is 3.75. The van der Waals surface area contributed by atoms with E-state index < -0.39 is 0 Å². The molecule has 0 radical (unpaired) electrons. The van der Waals surface area contributed by atoms with Gasteiger partial charge in [-0.2, -0.15) is 0 Å². The molecule has 0 fully saturated rings. The molecule has 1 aliphatic rings. The Labute approximate surface area is 197 Å². The Hall–Kier alpha value is -2.90. The maximum Gasteiger partial charge on any atom is 0.336 e. The van der Waals surface area contributed by atoms with E-state index in [2.05, 4.69) is 6.92 Å². The number of hydrogen-bond acceptors (Lipinski definition) is 6. The van der Waals surface area contributed by atoms with E-state index in [4.69, 9.17) is 35.0 Å². The lowest BCUT2D eigenvalue weighted by molar-refractivity contribution is -0.945. The minimum absolute atomic E-state index is 0.352. The van der Waals surface area contributed by atoms with Gasteiger partial charge in [-0.1, -0.05) is 24.9 Å². The van der Waals surface area contributed by atoms with Gasteiger partial charge in [0.2, 0.25) is 12.5 Å². The van der Waals surface area contributed by atoms with Crippen LogP contribution in [0.3, 0.4) is 0 Å². The average molecular weight is 475 g/mol. The molecule has 0 aliphatic carbocycles. The Bertz CT molecular complexity index is 1200. The molecule has 3 aromatic rings. The molecule has 1 aliphatic heterocycles. The molecule has 1 N–H and O–H groups in total. The van der Waals surface area contributed by atoms with Crippen LogP contribution in [0, 0.1) is 0 Å². The predicted molar refractivity (Wildman–Crippen MR) is 126 cm³/mol. The number of ether oxygens (including phenoxy) is 4. The van der Waals surface area contributed by atoms with Gasteiger partial charge in [0, 0.05) is 17.0 Å². The summed E-state index contributed by atoms with van der Waals surface area (Å²) in [5, 5.41) is 1.42. The molecule has 0 spiro atoms. The largest absolute Gasteiger partial charge is 0.493 e. The van der Waals surface area contributed by atoms with Crippen LogP contribution in [0.25, 0.3) is 11.0 Å². The molecule has 176 valence electrons. The van der Waals surface area contributed by atoms with E-state index in [1.165, 1.54) is 0 Å². The van der Waals surface area contributed by atoms with E-state index in [0.717, 1.165) is 46.2 Å². The second-order valence-electron chi connectivity index (χ2n) is 8.16. The highest BCUT2D eigenvalue weighted by molar-refractivity contribution is 6.33. The van der Waals surface area contributed by atoms with Crippen molar-refractivity contribution >= 4 is 22.6 Å². The topological polar surface area (TPSA) is 71.6 Å². The SMILES string of the molecule is CCCCc1cc(=O)oc2c3c(c(Cl)cc12)OC[NH+](Cc1cc(OC)c(OC)c(OC)c1)C3. The molecule has 1 aromatic heterocycles. The summed E-state index contributed by atoms with van der Waals surface area (Å²) in [4.78, 5) is 13.5. The highest BCUT2D eigenvalue weighted by Crippen LogP contribution is 2.39. The van der Waals surface area contributed by atoms with Crippen molar-refractivity contribution in [1.82, 2.24) is 0 Å². The van der Waals surface area contributed by atoms with Crippen molar-refractivity contribution in [3.05, 3.63) is 56.4 Å². The number of benzene rings is 2. The van der Waals surface area contributed by atoms with Gasteiger partial charge < -0.3 is 23.4 Å². The first-order chi connectivity index (χ1) is 16.0. The van der Waals surface area contributed by atoms with Crippen molar-refractivity contribution in [2.45, 2.75) is 39.3 Å². The second kappa shape index (κ2) is 9.93. The van der Waals surface area contributed by atoms with Crippen LogP contribution in [0.4, 0.5) is 0 Å². The maximum atomic E-state index is 12.3. The fourth-order valence-corrected chi connectivity index (χ4v) is 4.66. The van der Waals surface area contributed by atoms with Crippen LogP contribution in [0.5, 0.6) is 23.0 Å². The Morgan fingerprint density at radius 1 is 1.06 bits per heavy atom. The molecular weight excluding hydrogens is 446 g/mol. The lowest BCUT2D eigenvalue weighted by atomic mass is 10.0. The number of halogens is 1. The van der Waals surface area contributed by atoms with Crippen molar-refractivity contribution in [1.29, 1.82) is 0 Å². The molecule has 8 heteroatoms. The summed E-state index contributed by atoms with van der Waals surface area (Å²) in [7, 11) is 4.78. The number of aryl methyl sites for hydroxylation is 1. The molecular formula is C25H29ClNO6+. The van der Waals surface area contributed by atoms with E-state index in [9.17, 15) is 4.79 Å². The second-order valence-corrected chi connectivity index (χ2v) is 8.57. The zero-order valence-electron chi connectivity index (χ0n) is 19.4. The van der Waals surface area contributed by atoms with Crippen molar-refractivity contribution in [3.63, 3.8) is 0 Å². The van der Waals surface area contributed by atoms with Crippen molar-refractivity contribution in [2.75, 3.05) is 28.1 Å². The fourth-order valence-electron chi connectivity index (χ4n) is 4.38. The standard InChI is InChI=1S/C25H28ClNO6/c1-5-6-7-16-10-22(28)33-23-17(16)11-19(26)24-18(23)13-27(14-32-24)12-15-8-20(29-2)25(31-4)21(9-15)30-3/h8-11H,5-7,12-14H2,1-4H3/p+1. The lowest BCUT2D eigenvalue weighted by Gasteiger charge is -2.27. The van der Waals surface area contributed by atoms with E-state index in [1.54, 1.807) is 27.4 Å². The number of methoxy groups -OCH3 is 3. The summed E-state index contributed by atoms with van der Waals surface area (Å²) >= 11 is 6.59. The molecule has 33 heavy (non-hydrogen) atoms. The molecule has 4 rings (SSSR count). The lowest BCUT2D eigenvalue weighted by Crippen LogP contribution is -3.10. The van der Waals surface area contributed by atoms with E-state index in [-0.39, 0.29) is 5.63 Å². The van der Waals surface area contributed by atoms with E-state index in [0.29, 0.717) is 53.4 Å². The highest BCUT2D eigenvalue weighted by Gasteiger charge is 2.28. The third-order valence-corrected chi connectivity index (χ3v) is 6.23. The number of unbranched alkanes of at least 4 members (excludes halogenated alkanes) is 1. The Balaban J connectivity index is 1.70. The van der Waals surface area contributed by atoms with Crippen LogP contribution < -0.4 is 29.5 Å². The van der Waals surface area contributed by atoms with Gasteiger partial charge in [-0.15, -0.1) is 0 Å². The van der Waals surface area contributed by atoms with Gasteiger partial charge in [-0.3, -0.25) is 4.90 Å². The maximum absolute atomic E-state index is 12.3. The zero-order valence-corrected chi connectivity index (χ0v) is 20.1. The number of quaternary nitrogens is 1. The van der Waals surface area contributed by atoms with Gasteiger partial charge in [-0.05, 0) is 36.6 Å². The normalized spacial score (nSPS) is 15.1. The monoisotopic (exact) mass is 474 g/mol. The molecule has 0 saturated heterocycles. The number of hydrogen-bond donors (Lipinski definition) is 1. The summed E-state index contributed by atoms with van der Waals surface area (Å²) in [5.41, 5.74) is 3.00. The Morgan fingerprint density at radius 3 is 2.42 bits per heavy atom. The molecule has 0 saturated carbocycles. The van der Waals surface area contributed by atoms with Crippen molar-refractivity contribution in [2.24, 2.45) is 0 Å². The van der Waals surface area contributed by atoms with E-state index >= 15 is 0 Å². The van der Waals surface area contributed by atoms with Gasteiger partial charge >= 0.3 is 5.63 Å². The van der Waals surface area contributed by atoms with Crippen LogP contribution >= 0.6 is 11.6 Å². The third kappa shape index (κ3) is 4.61. The quantitative estimate of drug-likeness (QED) is 0.501. The number of fused-ring (bicyclic) bond motifs is 3. The molecule has 0 amide bonds. The van der Waals surface area contributed by atoms with Crippen LogP contribution in [-0.4, -0.2) is 28.1 Å².